The molecule has 2 aliphatic carbocycles. The molecule has 3 rings (SSSR count). The third-order valence-corrected chi connectivity index (χ3v) is 6.24. The van der Waals surface area contributed by atoms with Crippen molar-refractivity contribution in [2.75, 3.05) is 13.2 Å². The Morgan fingerprint density at radius 1 is 1.39 bits per heavy atom. The lowest BCUT2D eigenvalue weighted by Gasteiger charge is -2.29. The maximum Gasteiger partial charge on any atom is 0.334 e. The second-order valence-corrected chi connectivity index (χ2v) is 8.44. The lowest BCUT2D eigenvalue weighted by Crippen LogP contribution is -2.26. The molecule has 1 heterocycles. The van der Waals surface area contributed by atoms with E-state index in [4.69, 9.17) is 4.74 Å². The highest BCUT2D eigenvalue weighted by Gasteiger charge is 2.47. The molecular weight excluding hydrogens is 288 g/mol. The summed E-state index contributed by atoms with van der Waals surface area (Å²) in [6.07, 6.45) is 10.1. The van der Waals surface area contributed by atoms with Crippen LogP contribution in [0.1, 0.15) is 52.9 Å². The zero-order chi connectivity index (χ0) is 16.6. The maximum absolute atomic E-state index is 12.0. The molecule has 1 saturated carbocycles. The zero-order valence-corrected chi connectivity index (χ0v) is 14.7. The second-order valence-electron chi connectivity index (χ2n) is 8.44. The highest BCUT2D eigenvalue weighted by molar-refractivity contribution is 5.91. The van der Waals surface area contributed by atoms with Crippen LogP contribution in [0, 0.1) is 29.1 Å². The van der Waals surface area contributed by atoms with E-state index >= 15 is 0 Å². The van der Waals surface area contributed by atoms with Gasteiger partial charge in [-0.2, -0.15) is 0 Å². The fourth-order valence-electron chi connectivity index (χ4n) is 4.73. The van der Waals surface area contributed by atoms with E-state index in [1.54, 1.807) is 0 Å². The van der Waals surface area contributed by atoms with E-state index in [9.17, 15) is 9.90 Å². The highest BCUT2D eigenvalue weighted by atomic mass is 16.5. The fourth-order valence-corrected chi connectivity index (χ4v) is 4.73. The van der Waals surface area contributed by atoms with Crippen LogP contribution in [-0.2, 0) is 9.53 Å². The SMILES string of the molecule is CC(=CCC(C)(C)CO)[C@H]1CC[C@@H]2CCC=C3C(=O)OC[C@@H]3[C@H]21. The summed E-state index contributed by atoms with van der Waals surface area (Å²) in [4.78, 5) is 12.0. The number of fused-ring (bicyclic) bond motifs is 3. The summed E-state index contributed by atoms with van der Waals surface area (Å²) in [6.45, 7) is 7.24. The van der Waals surface area contributed by atoms with Gasteiger partial charge in [0.05, 0.1) is 6.61 Å². The average Bonchev–Trinajstić information content (AvgIpc) is 3.04. The van der Waals surface area contributed by atoms with Crippen LogP contribution in [0.25, 0.3) is 0 Å². The molecule has 4 atom stereocenters. The zero-order valence-electron chi connectivity index (χ0n) is 14.7. The van der Waals surface area contributed by atoms with Crippen molar-refractivity contribution < 1.29 is 14.6 Å². The summed E-state index contributed by atoms with van der Waals surface area (Å²) in [7, 11) is 0. The van der Waals surface area contributed by atoms with Gasteiger partial charge in [0.2, 0.25) is 0 Å². The Morgan fingerprint density at radius 3 is 2.91 bits per heavy atom. The monoisotopic (exact) mass is 318 g/mol. The van der Waals surface area contributed by atoms with Gasteiger partial charge in [-0.3, -0.25) is 0 Å². The number of esters is 1. The molecule has 3 heteroatoms. The highest BCUT2D eigenvalue weighted by Crippen LogP contribution is 2.52. The number of cyclic esters (lactones) is 1. The Morgan fingerprint density at radius 2 is 2.17 bits per heavy atom. The minimum absolute atomic E-state index is 0.0553. The molecule has 0 radical (unpaired) electrons. The van der Waals surface area contributed by atoms with Crippen molar-refractivity contribution in [3.63, 3.8) is 0 Å². The number of allylic oxidation sites excluding steroid dienone is 3. The molecule has 1 saturated heterocycles. The molecule has 1 aliphatic heterocycles. The summed E-state index contributed by atoms with van der Waals surface area (Å²) in [5.41, 5.74) is 2.34. The maximum atomic E-state index is 12.0. The predicted octanol–water partition coefficient (Wildman–Crippen LogP) is 3.88. The van der Waals surface area contributed by atoms with Crippen LogP contribution < -0.4 is 0 Å². The Labute approximate surface area is 139 Å². The Balaban J connectivity index is 1.80. The van der Waals surface area contributed by atoms with Crippen molar-refractivity contribution in [1.29, 1.82) is 0 Å². The van der Waals surface area contributed by atoms with Crippen molar-refractivity contribution in [3.05, 3.63) is 23.3 Å². The van der Waals surface area contributed by atoms with E-state index in [1.165, 1.54) is 24.8 Å². The van der Waals surface area contributed by atoms with E-state index in [-0.39, 0.29) is 18.0 Å². The summed E-state index contributed by atoms with van der Waals surface area (Å²) in [6, 6.07) is 0. The first-order valence-corrected chi connectivity index (χ1v) is 9.07. The minimum atomic E-state index is -0.0793. The van der Waals surface area contributed by atoms with Gasteiger partial charge in [-0.25, -0.2) is 4.79 Å². The number of hydrogen-bond acceptors (Lipinski definition) is 3. The minimum Gasteiger partial charge on any atom is -0.462 e. The summed E-state index contributed by atoms with van der Waals surface area (Å²) in [5, 5.41) is 9.46. The number of hydrogen-bond donors (Lipinski definition) is 1. The summed E-state index contributed by atoms with van der Waals surface area (Å²) in [5.74, 6) is 2.07. The van der Waals surface area contributed by atoms with Gasteiger partial charge in [-0.15, -0.1) is 0 Å². The second kappa shape index (κ2) is 6.43. The molecule has 0 aromatic rings. The Hall–Kier alpha value is -1.09. The third-order valence-electron chi connectivity index (χ3n) is 6.24. The van der Waals surface area contributed by atoms with E-state index in [0.717, 1.165) is 24.3 Å². The Kier molecular flexibility index (Phi) is 4.68. The number of rotatable bonds is 4. The van der Waals surface area contributed by atoms with Gasteiger partial charge >= 0.3 is 5.97 Å². The number of carbonyl (C=O) groups is 1. The van der Waals surface area contributed by atoms with Crippen LogP contribution in [0.2, 0.25) is 0 Å². The lowest BCUT2D eigenvalue weighted by molar-refractivity contribution is -0.135. The van der Waals surface area contributed by atoms with Crippen LogP contribution in [0.4, 0.5) is 0 Å². The molecule has 3 aliphatic rings. The van der Waals surface area contributed by atoms with Gasteiger partial charge in [0.1, 0.15) is 0 Å². The molecule has 2 fully saturated rings. The third kappa shape index (κ3) is 3.26. The van der Waals surface area contributed by atoms with Gasteiger partial charge in [0, 0.05) is 18.1 Å². The first-order valence-electron chi connectivity index (χ1n) is 9.07. The Bertz CT molecular complexity index is 529. The molecular formula is C20H30O3. The molecule has 128 valence electrons. The van der Waals surface area contributed by atoms with Gasteiger partial charge in [-0.05, 0) is 62.2 Å². The largest absolute Gasteiger partial charge is 0.462 e. The molecule has 0 spiro atoms. The van der Waals surface area contributed by atoms with E-state index in [1.807, 2.05) is 0 Å². The number of aliphatic hydroxyl groups excluding tert-OH is 1. The van der Waals surface area contributed by atoms with Gasteiger partial charge < -0.3 is 9.84 Å². The lowest BCUT2D eigenvalue weighted by atomic mass is 9.74. The predicted molar refractivity (Wildman–Crippen MR) is 90.7 cm³/mol. The first-order chi connectivity index (χ1) is 10.9. The van der Waals surface area contributed by atoms with E-state index in [2.05, 4.69) is 32.9 Å². The fraction of sp³-hybridized carbons (Fsp3) is 0.750. The summed E-state index contributed by atoms with van der Waals surface area (Å²) < 4.78 is 5.36. The molecule has 1 N–H and O–H groups in total. The standard InChI is InChI=1S/C20H30O3/c1-13(9-10-20(2,3)12-21)15-8-7-14-5-4-6-16-17(18(14)15)11-23-19(16)22/h6,9,14-15,17-18,21H,4-5,7-8,10-12H2,1-3H3/t14-,15+,17-,18+/m0/s1. The topological polar surface area (TPSA) is 46.5 Å². The first kappa shape index (κ1) is 16.8. The van der Waals surface area contributed by atoms with Gasteiger partial charge in [0.25, 0.3) is 0 Å². The molecule has 23 heavy (non-hydrogen) atoms. The molecule has 3 nitrogen and oxygen atoms in total. The van der Waals surface area contributed by atoms with E-state index in [0.29, 0.717) is 24.4 Å². The summed E-state index contributed by atoms with van der Waals surface area (Å²) >= 11 is 0. The van der Waals surface area contributed by atoms with Crippen LogP contribution in [-0.4, -0.2) is 24.3 Å². The van der Waals surface area contributed by atoms with Crippen molar-refractivity contribution in [1.82, 2.24) is 0 Å². The van der Waals surface area contributed by atoms with Crippen LogP contribution >= 0.6 is 0 Å². The quantitative estimate of drug-likeness (QED) is 0.632. The molecule has 0 bridgehead atoms. The molecule has 0 amide bonds. The number of carbonyl (C=O) groups excluding carboxylic acids is 1. The smallest absolute Gasteiger partial charge is 0.334 e. The molecule has 0 unspecified atom stereocenters. The van der Waals surface area contributed by atoms with Crippen molar-refractivity contribution in [2.45, 2.75) is 52.9 Å². The van der Waals surface area contributed by atoms with Crippen molar-refractivity contribution in [2.24, 2.45) is 29.1 Å². The molecule has 0 aromatic carbocycles. The van der Waals surface area contributed by atoms with Crippen LogP contribution in [0.3, 0.4) is 0 Å². The van der Waals surface area contributed by atoms with Crippen LogP contribution in [0.5, 0.6) is 0 Å². The van der Waals surface area contributed by atoms with Gasteiger partial charge in [0.15, 0.2) is 0 Å². The van der Waals surface area contributed by atoms with Gasteiger partial charge in [-0.1, -0.05) is 31.6 Å². The average molecular weight is 318 g/mol. The normalized spacial score (nSPS) is 34.5. The number of aliphatic hydroxyl groups is 1. The molecule has 0 aromatic heterocycles. The van der Waals surface area contributed by atoms with Crippen molar-refractivity contribution >= 4 is 5.97 Å². The van der Waals surface area contributed by atoms with Crippen molar-refractivity contribution in [3.8, 4) is 0 Å². The number of ether oxygens (including phenoxy) is 1. The van der Waals surface area contributed by atoms with Crippen LogP contribution in [0.15, 0.2) is 23.3 Å². The van der Waals surface area contributed by atoms with E-state index < -0.39 is 0 Å².